The van der Waals surface area contributed by atoms with E-state index in [1.165, 1.54) is 11.8 Å². The van der Waals surface area contributed by atoms with E-state index < -0.39 is 0 Å². The molecule has 2 aromatic heterocycles. The van der Waals surface area contributed by atoms with Crippen LogP contribution < -0.4 is 5.32 Å². The van der Waals surface area contributed by atoms with E-state index in [9.17, 15) is 4.79 Å². The van der Waals surface area contributed by atoms with Crippen molar-refractivity contribution in [1.29, 1.82) is 0 Å². The summed E-state index contributed by atoms with van der Waals surface area (Å²) in [6, 6.07) is 19.0. The van der Waals surface area contributed by atoms with E-state index in [2.05, 4.69) is 15.5 Å². The number of aryl methyl sites for hydroxylation is 1. The summed E-state index contributed by atoms with van der Waals surface area (Å²) in [5.74, 6) is 1.70. The zero-order chi connectivity index (χ0) is 20.1. The van der Waals surface area contributed by atoms with Gasteiger partial charge in [-0.25, -0.2) is 0 Å². The molecule has 0 bridgehead atoms. The van der Waals surface area contributed by atoms with Crippen LogP contribution in [0.4, 0.5) is 0 Å². The van der Waals surface area contributed by atoms with Crippen LogP contribution in [0.3, 0.4) is 0 Å². The van der Waals surface area contributed by atoms with Gasteiger partial charge in [0.15, 0.2) is 0 Å². The van der Waals surface area contributed by atoms with Gasteiger partial charge in [-0.3, -0.25) is 4.79 Å². The summed E-state index contributed by atoms with van der Waals surface area (Å²) >= 11 is 1.44. The number of nitrogens with one attached hydrogen (secondary N) is 1. The fraction of sp³-hybridized carbons (Fsp3) is 0.136. The molecule has 1 N–H and O–H groups in total. The zero-order valence-electron chi connectivity index (χ0n) is 15.8. The molecule has 7 heteroatoms. The first-order valence-corrected chi connectivity index (χ1v) is 10.1. The highest BCUT2D eigenvalue weighted by Gasteiger charge is 2.12. The summed E-state index contributed by atoms with van der Waals surface area (Å²) in [6.07, 6.45) is 1.58. The molecule has 2 aromatic carbocycles. The molecule has 0 saturated carbocycles. The van der Waals surface area contributed by atoms with Crippen molar-refractivity contribution >= 4 is 17.7 Å². The Morgan fingerprint density at radius 3 is 2.79 bits per heavy atom. The predicted molar refractivity (Wildman–Crippen MR) is 110 cm³/mol. The van der Waals surface area contributed by atoms with Gasteiger partial charge in [-0.15, -0.1) is 10.2 Å². The molecule has 0 radical (unpaired) electrons. The molecule has 0 atom stereocenters. The Morgan fingerprint density at radius 2 is 1.97 bits per heavy atom. The van der Waals surface area contributed by atoms with Crippen molar-refractivity contribution in [2.45, 2.75) is 24.4 Å². The lowest BCUT2D eigenvalue weighted by Gasteiger charge is -2.05. The van der Waals surface area contributed by atoms with E-state index >= 15 is 0 Å². The Balaban J connectivity index is 1.37. The molecule has 4 rings (SSSR count). The maximum Gasteiger partial charge on any atom is 0.277 e. The van der Waals surface area contributed by atoms with Crippen LogP contribution in [0, 0.1) is 6.92 Å². The van der Waals surface area contributed by atoms with Crippen molar-refractivity contribution in [2.24, 2.45) is 0 Å². The van der Waals surface area contributed by atoms with Crippen molar-refractivity contribution in [3.63, 3.8) is 0 Å². The van der Waals surface area contributed by atoms with Crippen molar-refractivity contribution in [3.8, 4) is 11.5 Å². The average Bonchev–Trinajstić information content (AvgIpc) is 3.43. The number of aromatic nitrogens is 2. The van der Waals surface area contributed by atoms with Crippen LogP contribution in [0.5, 0.6) is 0 Å². The van der Waals surface area contributed by atoms with Crippen LogP contribution in [0.1, 0.15) is 27.2 Å². The fourth-order valence-corrected chi connectivity index (χ4v) is 3.53. The van der Waals surface area contributed by atoms with Gasteiger partial charge in [0, 0.05) is 16.9 Å². The molecule has 29 heavy (non-hydrogen) atoms. The molecule has 2 heterocycles. The van der Waals surface area contributed by atoms with E-state index in [1.54, 1.807) is 18.4 Å². The molecule has 0 aliphatic carbocycles. The number of rotatable bonds is 7. The van der Waals surface area contributed by atoms with Gasteiger partial charge < -0.3 is 14.2 Å². The second kappa shape index (κ2) is 8.79. The van der Waals surface area contributed by atoms with Gasteiger partial charge in [0.1, 0.15) is 5.76 Å². The molecule has 1 amide bonds. The van der Waals surface area contributed by atoms with Gasteiger partial charge >= 0.3 is 0 Å². The number of carbonyl (C=O) groups is 1. The number of carbonyl (C=O) groups excluding carboxylic acids is 1. The summed E-state index contributed by atoms with van der Waals surface area (Å²) in [4.78, 5) is 12.4. The Morgan fingerprint density at radius 1 is 1.07 bits per heavy atom. The van der Waals surface area contributed by atoms with Gasteiger partial charge in [-0.2, -0.15) is 0 Å². The number of nitrogens with zero attached hydrogens (tertiary/aromatic N) is 2. The van der Waals surface area contributed by atoms with Crippen LogP contribution in [-0.2, 0) is 12.3 Å². The summed E-state index contributed by atoms with van der Waals surface area (Å²) in [5.41, 5.74) is 3.61. The average molecular weight is 405 g/mol. The third kappa shape index (κ3) is 4.75. The van der Waals surface area contributed by atoms with Gasteiger partial charge in [-0.05, 0) is 48.4 Å². The maximum atomic E-state index is 12.4. The summed E-state index contributed by atoms with van der Waals surface area (Å²) in [5, 5.41) is 11.6. The monoisotopic (exact) mass is 405 g/mol. The Bertz CT molecular complexity index is 1110. The highest BCUT2D eigenvalue weighted by Crippen LogP contribution is 2.27. The van der Waals surface area contributed by atoms with Gasteiger partial charge in [-0.1, -0.05) is 42.1 Å². The molecule has 0 aliphatic rings. The second-order valence-corrected chi connectivity index (χ2v) is 7.37. The SMILES string of the molecule is Cc1ccccc1-c1nnc(SCc2cccc(C(=O)NCc3ccco3)c2)o1. The molecule has 0 fully saturated rings. The largest absolute Gasteiger partial charge is 0.467 e. The lowest BCUT2D eigenvalue weighted by molar-refractivity contribution is 0.0948. The van der Waals surface area contributed by atoms with E-state index in [0.29, 0.717) is 34.7 Å². The molecule has 146 valence electrons. The van der Waals surface area contributed by atoms with E-state index in [4.69, 9.17) is 8.83 Å². The predicted octanol–water partition coefficient (Wildman–Crippen LogP) is 4.86. The standard InChI is InChI=1S/C22H19N3O3S/c1-15-6-2-3-10-19(15)21-24-25-22(28-21)29-14-16-7-4-8-17(12-16)20(26)23-13-18-9-5-11-27-18/h2-12H,13-14H2,1H3,(H,23,26). The third-order valence-corrected chi connectivity index (χ3v) is 5.23. The fourth-order valence-electron chi connectivity index (χ4n) is 2.82. The van der Waals surface area contributed by atoms with E-state index in [-0.39, 0.29) is 5.91 Å². The second-order valence-electron chi connectivity index (χ2n) is 6.44. The van der Waals surface area contributed by atoms with Crippen molar-refractivity contribution in [2.75, 3.05) is 0 Å². The van der Waals surface area contributed by atoms with Crippen molar-refractivity contribution in [1.82, 2.24) is 15.5 Å². The maximum absolute atomic E-state index is 12.4. The lowest BCUT2D eigenvalue weighted by atomic mass is 10.1. The number of hydrogen-bond donors (Lipinski definition) is 1. The van der Waals surface area contributed by atoms with Crippen LogP contribution in [-0.4, -0.2) is 16.1 Å². The smallest absolute Gasteiger partial charge is 0.277 e. The number of furan rings is 1. The van der Waals surface area contributed by atoms with Crippen LogP contribution in [0.2, 0.25) is 0 Å². The van der Waals surface area contributed by atoms with Crippen LogP contribution in [0.25, 0.3) is 11.5 Å². The number of thioether (sulfide) groups is 1. The Hall–Kier alpha value is -3.32. The highest BCUT2D eigenvalue weighted by atomic mass is 32.2. The lowest BCUT2D eigenvalue weighted by Crippen LogP contribution is -2.22. The molecule has 4 aromatic rings. The van der Waals surface area contributed by atoms with Crippen LogP contribution in [0.15, 0.2) is 81.0 Å². The minimum absolute atomic E-state index is 0.145. The molecular weight excluding hydrogens is 386 g/mol. The van der Waals surface area contributed by atoms with Crippen molar-refractivity contribution < 1.29 is 13.6 Å². The molecule has 0 spiro atoms. The summed E-state index contributed by atoms with van der Waals surface area (Å²) in [6.45, 7) is 2.36. The summed E-state index contributed by atoms with van der Waals surface area (Å²) < 4.78 is 11.0. The molecule has 0 aliphatic heterocycles. The molecule has 6 nitrogen and oxygen atoms in total. The minimum Gasteiger partial charge on any atom is -0.467 e. The molecular formula is C22H19N3O3S. The molecule has 0 unspecified atom stereocenters. The Labute approximate surface area is 172 Å². The van der Waals surface area contributed by atoms with Gasteiger partial charge in [0.2, 0.25) is 5.89 Å². The van der Waals surface area contributed by atoms with E-state index in [0.717, 1.165) is 16.7 Å². The number of hydrogen-bond acceptors (Lipinski definition) is 6. The van der Waals surface area contributed by atoms with Crippen LogP contribution >= 0.6 is 11.8 Å². The van der Waals surface area contributed by atoms with E-state index in [1.807, 2.05) is 55.5 Å². The third-order valence-electron chi connectivity index (χ3n) is 4.34. The molecule has 0 saturated heterocycles. The van der Waals surface area contributed by atoms with Gasteiger partial charge in [0.05, 0.1) is 12.8 Å². The minimum atomic E-state index is -0.145. The first-order chi connectivity index (χ1) is 14.2. The van der Waals surface area contributed by atoms with Gasteiger partial charge in [0.25, 0.3) is 11.1 Å². The summed E-state index contributed by atoms with van der Waals surface area (Å²) in [7, 11) is 0. The first kappa shape index (κ1) is 19.0. The first-order valence-electron chi connectivity index (χ1n) is 9.11. The zero-order valence-corrected chi connectivity index (χ0v) is 16.6. The Kier molecular flexibility index (Phi) is 5.76. The normalized spacial score (nSPS) is 10.8. The quantitative estimate of drug-likeness (QED) is 0.442. The topological polar surface area (TPSA) is 81.2 Å². The highest BCUT2D eigenvalue weighted by molar-refractivity contribution is 7.98. The number of amides is 1. The number of benzene rings is 2. The van der Waals surface area contributed by atoms with Crippen molar-refractivity contribution in [3.05, 3.63) is 89.4 Å².